The molecule has 3 rings (SSSR count). The molecule has 33 heavy (non-hydrogen) atoms. The van der Waals surface area contributed by atoms with Crippen LogP contribution in [0.4, 0.5) is 34.4 Å². The van der Waals surface area contributed by atoms with Gasteiger partial charge in [0.1, 0.15) is 11.6 Å². The normalized spacial score (nSPS) is 12.6. The summed E-state index contributed by atoms with van der Waals surface area (Å²) in [4.78, 5) is 28.2. The lowest BCUT2D eigenvalue weighted by atomic mass is 9.92. The molecule has 0 radical (unpaired) electrons. The van der Waals surface area contributed by atoms with Crippen molar-refractivity contribution < 1.29 is 33.0 Å². The summed E-state index contributed by atoms with van der Waals surface area (Å²) in [5, 5.41) is 31.2. The van der Waals surface area contributed by atoms with E-state index in [0.29, 0.717) is 10.5 Å². The molecule has 0 bridgehead atoms. The number of anilines is 2. The van der Waals surface area contributed by atoms with E-state index in [9.17, 15) is 33.0 Å². The van der Waals surface area contributed by atoms with Crippen molar-refractivity contribution in [3.8, 4) is 0 Å². The first-order valence-electron chi connectivity index (χ1n) is 9.64. The Balaban J connectivity index is 1.79. The number of fused-ring (bicyclic) bond motifs is 1. The number of hydrogen-bond acceptors (Lipinski definition) is 5. The van der Waals surface area contributed by atoms with Crippen LogP contribution in [0.2, 0.25) is 0 Å². The summed E-state index contributed by atoms with van der Waals surface area (Å²) in [5.74, 6) is -0.677. The van der Waals surface area contributed by atoms with Crippen LogP contribution in [0.5, 0.6) is 0 Å². The van der Waals surface area contributed by atoms with Crippen molar-refractivity contribution >= 4 is 34.7 Å². The van der Waals surface area contributed by atoms with E-state index < -0.39 is 42.6 Å². The zero-order valence-corrected chi connectivity index (χ0v) is 17.5. The topological polar surface area (TPSA) is 143 Å². The Kier molecular flexibility index (Phi) is 6.72. The van der Waals surface area contributed by atoms with Gasteiger partial charge in [0.2, 0.25) is 0 Å². The number of aromatic nitrogens is 3. The fourth-order valence-corrected chi connectivity index (χ4v) is 3.17. The number of benzene rings is 1. The minimum absolute atomic E-state index is 0.0412. The minimum Gasteiger partial charge on any atom is -0.465 e. The highest BCUT2D eigenvalue weighted by Crippen LogP contribution is 2.27. The third-order valence-electron chi connectivity index (χ3n) is 4.66. The van der Waals surface area contributed by atoms with Crippen molar-refractivity contribution in [2.45, 2.75) is 31.9 Å². The van der Waals surface area contributed by atoms with Gasteiger partial charge in [-0.3, -0.25) is 15.3 Å². The number of urea groups is 1. The van der Waals surface area contributed by atoms with Crippen molar-refractivity contribution in [3.05, 3.63) is 47.9 Å². The number of rotatable bonds is 7. The van der Waals surface area contributed by atoms with Crippen molar-refractivity contribution in [1.82, 2.24) is 20.5 Å². The average Bonchev–Trinajstić information content (AvgIpc) is 3.13. The summed E-state index contributed by atoms with van der Waals surface area (Å²) in [6.07, 6.45) is -3.34. The van der Waals surface area contributed by atoms with E-state index in [1.54, 1.807) is 0 Å². The molecule has 0 aliphatic heterocycles. The van der Waals surface area contributed by atoms with Gasteiger partial charge in [-0.15, -0.1) is 0 Å². The van der Waals surface area contributed by atoms with Crippen molar-refractivity contribution in [3.63, 3.8) is 0 Å². The molecule has 10 nitrogen and oxygen atoms in total. The van der Waals surface area contributed by atoms with E-state index in [0.717, 1.165) is 0 Å². The molecule has 1 aromatic carbocycles. The zero-order chi connectivity index (χ0) is 24.3. The third-order valence-corrected chi connectivity index (χ3v) is 4.66. The first-order valence-corrected chi connectivity index (χ1v) is 9.64. The number of carbonyl (C=O) groups excluding carboxylic acids is 1. The van der Waals surface area contributed by atoms with E-state index in [-0.39, 0.29) is 22.5 Å². The van der Waals surface area contributed by atoms with E-state index in [2.05, 4.69) is 25.8 Å². The maximum atomic E-state index is 13.2. The number of aliphatic hydroxyl groups is 1. The van der Waals surface area contributed by atoms with Crippen LogP contribution in [0.3, 0.4) is 0 Å². The second-order valence-corrected chi connectivity index (χ2v) is 7.68. The van der Waals surface area contributed by atoms with Crippen molar-refractivity contribution in [2.24, 2.45) is 0 Å². The van der Waals surface area contributed by atoms with Crippen LogP contribution in [0.25, 0.3) is 10.9 Å². The maximum absolute atomic E-state index is 13.2. The van der Waals surface area contributed by atoms with Crippen LogP contribution in [-0.4, -0.2) is 56.1 Å². The molecular formula is C20H21F3N6O4. The lowest BCUT2D eigenvalue weighted by molar-refractivity contribution is 0.0415. The van der Waals surface area contributed by atoms with Gasteiger partial charge in [0.25, 0.3) is 6.43 Å². The van der Waals surface area contributed by atoms with Crippen molar-refractivity contribution in [1.29, 1.82) is 0 Å². The fraction of sp³-hybridized carbons (Fsp3) is 0.300. The number of pyridine rings is 1. The van der Waals surface area contributed by atoms with Crippen LogP contribution in [0.1, 0.15) is 25.5 Å². The Labute approximate surface area is 185 Å². The van der Waals surface area contributed by atoms with Crippen LogP contribution >= 0.6 is 0 Å². The molecule has 1 atom stereocenters. The second-order valence-electron chi connectivity index (χ2n) is 7.68. The molecule has 0 saturated carbocycles. The standard InChI is InChI=1S/C20H21F3N6O4/c1-20(2,33)16(10-3-5-11(21)6-4-10)26-18(30)25-15-7-13-12(8-24-15)17(28-27-13)29(19(31)32)9-14(22)23/h3-8,14,16,33H,9H2,1-2H3,(H,27,28)(H,31,32)(H2,24,25,26,30)/t16-/m0/s1. The highest BCUT2D eigenvalue weighted by atomic mass is 19.3. The average molecular weight is 466 g/mol. The number of alkyl halides is 2. The predicted octanol–water partition coefficient (Wildman–Crippen LogP) is 3.48. The van der Waals surface area contributed by atoms with E-state index in [4.69, 9.17) is 0 Å². The molecule has 3 amide bonds. The van der Waals surface area contributed by atoms with E-state index in [1.807, 2.05) is 0 Å². The van der Waals surface area contributed by atoms with Gasteiger partial charge in [-0.25, -0.2) is 27.7 Å². The highest BCUT2D eigenvalue weighted by Gasteiger charge is 2.30. The minimum atomic E-state index is -2.91. The monoisotopic (exact) mass is 466 g/mol. The number of H-pyrrole nitrogens is 1. The predicted molar refractivity (Wildman–Crippen MR) is 113 cm³/mol. The maximum Gasteiger partial charge on any atom is 0.413 e. The Morgan fingerprint density at radius 3 is 2.48 bits per heavy atom. The number of hydrogen-bond donors (Lipinski definition) is 5. The van der Waals surface area contributed by atoms with Gasteiger partial charge < -0.3 is 15.5 Å². The molecule has 176 valence electrons. The van der Waals surface area contributed by atoms with Crippen LogP contribution in [-0.2, 0) is 0 Å². The number of amides is 3. The molecule has 3 aromatic rings. The lowest BCUT2D eigenvalue weighted by Gasteiger charge is -2.30. The second kappa shape index (κ2) is 9.32. The number of halogens is 3. The third kappa shape index (κ3) is 5.68. The Morgan fingerprint density at radius 1 is 1.24 bits per heavy atom. The lowest BCUT2D eigenvalue weighted by Crippen LogP contribution is -2.44. The Morgan fingerprint density at radius 2 is 1.91 bits per heavy atom. The number of aromatic amines is 1. The fourth-order valence-electron chi connectivity index (χ4n) is 3.17. The number of carboxylic acid groups (broad SMARTS) is 1. The van der Waals surface area contributed by atoms with Crippen LogP contribution in [0.15, 0.2) is 36.5 Å². The van der Waals surface area contributed by atoms with Crippen molar-refractivity contribution in [2.75, 3.05) is 16.8 Å². The molecule has 0 fully saturated rings. The summed E-state index contributed by atoms with van der Waals surface area (Å²) >= 11 is 0. The van der Waals surface area contributed by atoms with E-state index in [1.165, 1.54) is 50.4 Å². The highest BCUT2D eigenvalue weighted by molar-refractivity contribution is 5.99. The molecule has 2 aromatic heterocycles. The molecule has 13 heteroatoms. The first kappa shape index (κ1) is 23.8. The molecule has 0 unspecified atom stereocenters. The van der Waals surface area contributed by atoms with Gasteiger partial charge in [-0.1, -0.05) is 12.1 Å². The molecule has 0 saturated heterocycles. The molecule has 0 aliphatic rings. The molecule has 5 N–H and O–H groups in total. The van der Waals surface area contributed by atoms with Gasteiger partial charge in [-0.05, 0) is 31.5 Å². The van der Waals surface area contributed by atoms with Crippen LogP contribution < -0.4 is 15.5 Å². The Bertz CT molecular complexity index is 1150. The molecule has 0 aliphatic carbocycles. The first-order chi connectivity index (χ1) is 15.5. The largest absolute Gasteiger partial charge is 0.465 e. The molecular weight excluding hydrogens is 445 g/mol. The smallest absolute Gasteiger partial charge is 0.413 e. The number of carbonyl (C=O) groups is 2. The van der Waals surface area contributed by atoms with Crippen LogP contribution in [0, 0.1) is 5.82 Å². The quantitative estimate of drug-likeness (QED) is 0.361. The Hall–Kier alpha value is -3.87. The molecule has 0 spiro atoms. The number of nitrogens with one attached hydrogen (secondary N) is 3. The summed E-state index contributed by atoms with van der Waals surface area (Å²) in [6, 6.07) is 4.98. The summed E-state index contributed by atoms with van der Waals surface area (Å²) in [5.41, 5.74) is -0.683. The van der Waals surface area contributed by atoms with Gasteiger partial charge in [0, 0.05) is 12.3 Å². The summed E-state index contributed by atoms with van der Waals surface area (Å²) in [6.45, 7) is 1.89. The zero-order valence-electron chi connectivity index (χ0n) is 17.5. The van der Waals surface area contributed by atoms with Gasteiger partial charge in [-0.2, -0.15) is 5.10 Å². The van der Waals surface area contributed by atoms with Gasteiger partial charge in [0.15, 0.2) is 5.82 Å². The summed E-state index contributed by atoms with van der Waals surface area (Å²) < 4.78 is 38.7. The van der Waals surface area contributed by atoms with Gasteiger partial charge >= 0.3 is 12.1 Å². The SMILES string of the molecule is CC(C)(O)[C@@H](NC(=O)Nc1cc2[nH]nc(N(CC(F)F)C(=O)O)c2cn1)c1ccc(F)cc1. The number of nitrogens with zero attached hydrogens (tertiary/aromatic N) is 3. The van der Waals surface area contributed by atoms with Gasteiger partial charge in [0.05, 0.1) is 29.1 Å². The summed E-state index contributed by atoms with van der Waals surface area (Å²) in [7, 11) is 0. The molecule has 2 heterocycles. The van der Waals surface area contributed by atoms with E-state index >= 15 is 0 Å².